The molecule has 1 aromatic heterocycles. The van der Waals surface area contributed by atoms with Gasteiger partial charge in [0.25, 0.3) is 0 Å². The van der Waals surface area contributed by atoms with E-state index in [1.165, 1.54) is 11.8 Å². The van der Waals surface area contributed by atoms with Crippen molar-refractivity contribution in [3.63, 3.8) is 0 Å². The Morgan fingerprint density at radius 2 is 2.00 bits per heavy atom. The molecular formula is C20H22N4O2S. The molecule has 0 atom stereocenters. The van der Waals surface area contributed by atoms with Crippen LogP contribution in [0.4, 0.5) is 5.69 Å². The summed E-state index contributed by atoms with van der Waals surface area (Å²) in [5, 5.41) is 12.1. The number of aryl methyl sites for hydroxylation is 1. The number of para-hydroxylation sites is 2. The van der Waals surface area contributed by atoms with E-state index in [1.807, 2.05) is 67.9 Å². The lowest BCUT2D eigenvalue weighted by Crippen LogP contribution is -2.15. The lowest BCUT2D eigenvalue weighted by molar-refractivity contribution is -0.113. The van der Waals surface area contributed by atoms with Crippen LogP contribution in [0.2, 0.25) is 0 Å². The monoisotopic (exact) mass is 382 g/mol. The Morgan fingerprint density at radius 3 is 2.78 bits per heavy atom. The smallest absolute Gasteiger partial charge is 0.234 e. The number of ether oxygens (including phenoxy) is 1. The van der Waals surface area contributed by atoms with Crippen LogP contribution in [0.1, 0.15) is 12.5 Å². The number of aromatic nitrogens is 3. The lowest BCUT2D eigenvalue weighted by Gasteiger charge is -2.11. The second kappa shape index (κ2) is 8.73. The van der Waals surface area contributed by atoms with Crippen LogP contribution in [-0.2, 0) is 11.8 Å². The first-order valence-corrected chi connectivity index (χ1v) is 9.68. The zero-order valence-corrected chi connectivity index (χ0v) is 16.4. The second-order valence-corrected chi connectivity index (χ2v) is 6.94. The Morgan fingerprint density at radius 1 is 1.19 bits per heavy atom. The molecule has 0 fully saturated rings. The summed E-state index contributed by atoms with van der Waals surface area (Å²) in [4.78, 5) is 12.3. The van der Waals surface area contributed by atoms with Gasteiger partial charge in [-0.25, -0.2) is 0 Å². The molecule has 1 heterocycles. The third kappa shape index (κ3) is 4.68. The first-order valence-electron chi connectivity index (χ1n) is 8.69. The van der Waals surface area contributed by atoms with Crippen LogP contribution in [0.3, 0.4) is 0 Å². The Balaban J connectivity index is 1.65. The first-order chi connectivity index (χ1) is 13.1. The van der Waals surface area contributed by atoms with Crippen molar-refractivity contribution in [3.05, 3.63) is 54.1 Å². The molecule has 0 aliphatic carbocycles. The topological polar surface area (TPSA) is 69.0 Å². The van der Waals surface area contributed by atoms with Gasteiger partial charge < -0.3 is 14.6 Å². The van der Waals surface area contributed by atoms with Gasteiger partial charge >= 0.3 is 0 Å². The zero-order valence-electron chi connectivity index (χ0n) is 15.6. The van der Waals surface area contributed by atoms with Crippen molar-refractivity contribution in [2.24, 2.45) is 7.05 Å². The van der Waals surface area contributed by atoms with E-state index in [0.29, 0.717) is 23.2 Å². The Bertz CT molecular complexity index is 939. The number of amides is 1. The molecule has 2 aromatic carbocycles. The van der Waals surface area contributed by atoms with Crippen molar-refractivity contribution in [2.75, 3.05) is 17.7 Å². The van der Waals surface area contributed by atoms with Crippen LogP contribution in [-0.4, -0.2) is 33.0 Å². The molecule has 0 aliphatic heterocycles. The molecule has 0 unspecified atom stereocenters. The van der Waals surface area contributed by atoms with E-state index in [2.05, 4.69) is 21.6 Å². The fourth-order valence-electron chi connectivity index (χ4n) is 2.64. The van der Waals surface area contributed by atoms with Crippen LogP contribution in [0, 0.1) is 6.92 Å². The molecule has 27 heavy (non-hydrogen) atoms. The SMILES string of the molecule is CCOc1ccccc1NC(=O)CSc1nnc(-c2cccc(C)c2)n1C. The predicted molar refractivity (Wildman–Crippen MR) is 108 cm³/mol. The highest BCUT2D eigenvalue weighted by molar-refractivity contribution is 7.99. The van der Waals surface area contributed by atoms with Crippen LogP contribution < -0.4 is 10.1 Å². The molecule has 0 bridgehead atoms. The zero-order chi connectivity index (χ0) is 19.2. The van der Waals surface area contributed by atoms with E-state index >= 15 is 0 Å². The van der Waals surface area contributed by atoms with Gasteiger partial charge in [0.1, 0.15) is 5.75 Å². The number of benzene rings is 2. The van der Waals surface area contributed by atoms with E-state index in [9.17, 15) is 4.79 Å². The summed E-state index contributed by atoms with van der Waals surface area (Å²) < 4.78 is 7.44. The number of carbonyl (C=O) groups is 1. The van der Waals surface area contributed by atoms with Gasteiger partial charge in [0.05, 0.1) is 18.0 Å². The minimum Gasteiger partial charge on any atom is -0.492 e. The summed E-state index contributed by atoms with van der Waals surface area (Å²) in [5.41, 5.74) is 2.84. The number of anilines is 1. The predicted octanol–water partition coefficient (Wildman–Crippen LogP) is 3.92. The molecule has 0 spiro atoms. The maximum atomic E-state index is 12.3. The molecule has 3 aromatic rings. The number of thioether (sulfide) groups is 1. The van der Waals surface area contributed by atoms with Crippen LogP contribution in [0.5, 0.6) is 5.75 Å². The summed E-state index contributed by atoms with van der Waals surface area (Å²) >= 11 is 1.35. The molecule has 7 heteroatoms. The second-order valence-electron chi connectivity index (χ2n) is 6.00. The molecule has 0 saturated heterocycles. The number of nitrogens with one attached hydrogen (secondary N) is 1. The molecule has 6 nitrogen and oxygen atoms in total. The van der Waals surface area contributed by atoms with E-state index < -0.39 is 0 Å². The first kappa shape index (κ1) is 19.0. The molecule has 0 radical (unpaired) electrons. The largest absolute Gasteiger partial charge is 0.492 e. The highest BCUT2D eigenvalue weighted by atomic mass is 32.2. The summed E-state index contributed by atoms with van der Waals surface area (Å²) in [7, 11) is 1.91. The van der Waals surface area contributed by atoms with Crippen molar-refractivity contribution in [2.45, 2.75) is 19.0 Å². The Labute approximate surface area is 163 Å². The van der Waals surface area contributed by atoms with Gasteiger partial charge in [0, 0.05) is 12.6 Å². The van der Waals surface area contributed by atoms with Crippen molar-refractivity contribution >= 4 is 23.4 Å². The van der Waals surface area contributed by atoms with E-state index in [0.717, 1.165) is 17.0 Å². The van der Waals surface area contributed by atoms with Crippen molar-refractivity contribution in [3.8, 4) is 17.1 Å². The van der Waals surface area contributed by atoms with E-state index in [-0.39, 0.29) is 11.7 Å². The number of carbonyl (C=O) groups excluding carboxylic acids is 1. The van der Waals surface area contributed by atoms with Gasteiger partial charge in [0.15, 0.2) is 11.0 Å². The van der Waals surface area contributed by atoms with Gasteiger partial charge in [-0.3, -0.25) is 4.79 Å². The number of hydrogen-bond donors (Lipinski definition) is 1. The average Bonchev–Trinajstić information content (AvgIpc) is 3.02. The molecule has 0 aliphatic rings. The molecular weight excluding hydrogens is 360 g/mol. The standard InChI is InChI=1S/C20H22N4O2S/c1-4-26-17-11-6-5-10-16(17)21-18(25)13-27-20-23-22-19(24(20)3)15-9-7-8-14(2)12-15/h5-12H,4,13H2,1-3H3,(H,21,25). The molecule has 0 saturated carbocycles. The minimum atomic E-state index is -0.118. The lowest BCUT2D eigenvalue weighted by atomic mass is 10.1. The summed E-state index contributed by atoms with van der Waals surface area (Å²) in [6.07, 6.45) is 0. The summed E-state index contributed by atoms with van der Waals surface area (Å²) in [6, 6.07) is 15.5. The van der Waals surface area contributed by atoms with Gasteiger partial charge in [-0.1, -0.05) is 47.7 Å². The Hall–Kier alpha value is -2.80. The summed E-state index contributed by atoms with van der Waals surface area (Å²) in [6.45, 7) is 4.50. The molecule has 1 N–H and O–H groups in total. The molecule has 3 rings (SSSR count). The van der Waals surface area contributed by atoms with Crippen LogP contribution in [0.15, 0.2) is 53.7 Å². The highest BCUT2D eigenvalue weighted by Gasteiger charge is 2.14. The van der Waals surface area contributed by atoms with Gasteiger partial charge in [-0.05, 0) is 32.0 Å². The van der Waals surface area contributed by atoms with Crippen molar-refractivity contribution in [1.29, 1.82) is 0 Å². The quantitative estimate of drug-likeness (QED) is 0.627. The average molecular weight is 382 g/mol. The minimum absolute atomic E-state index is 0.118. The number of rotatable bonds is 7. The maximum absolute atomic E-state index is 12.3. The van der Waals surface area contributed by atoms with Gasteiger partial charge in [-0.15, -0.1) is 10.2 Å². The van der Waals surface area contributed by atoms with Gasteiger partial charge in [0.2, 0.25) is 5.91 Å². The summed E-state index contributed by atoms with van der Waals surface area (Å²) in [5.74, 6) is 1.56. The molecule has 140 valence electrons. The Kier molecular flexibility index (Phi) is 6.13. The van der Waals surface area contributed by atoms with Crippen molar-refractivity contribution in [1.82, 2.24) is 14.8 Å². The van der Waals surface area contributed by atoms with Crippen LogP contribution in [0.25, 0.3) is 11.4 Å². The third-order valence-electron chi connectivity index (χ3n) is 3.90. The normalized spacial score (nSPS) is 10.6. The van der Waals surface area contributed by atoms with Gasteiger partial charge in [-0.2, -0.15) is 0 Å². The third-order valence-corrected chi connectivity index (χ3v) is 4.92. The van der Waals surface area contributed by atoms with Crippen molar-refractivity contribution < 1.29 is 9.53 Å². The fourth-order valence-corrected chi connectivity index (χ4v) is 3.35. The van der Waals surface area contributed by atoms with Crippen LogP contribution >= 0.6 is 11.8 Å². The fraction of sp³-hybridized carbons (Fsp3) is 0.250. The number of hydrogen-bond acceptors (Lipinski definition) is 5. The number of nitrogens with zero attached hydrogens (tertiary/aromatic N) is 3. The highest BCUT2D eigenvalue weighted by Crippen LogP contribution is 2.26. The molecule has 1 amide bonds. The maximum Gasteiger partial charge on any atom is 0.234 e. The van der Waals surface area contributed by atoms with E-state index in [4.69, 9.17) is 4.74 Å². The van der Waals surface area contributed by atoms with E-state index in [1.54, 1.807) is 0 Å².